The zero-order valence-electron chi connectivity index (χ0n) is 12.3. The molecule has 1 aliphatic heterocycles. The van der Waals surface area contributed by atoms with Crippen LogP contribution in [0.4, 0.5) is 4.79 Å². The SMILES string of the molecule is N=C(CBr)NCCNC(=O)NCCC(=O)ON1C(=O)CCC1=O. The molecule has 23 heavy (non-hydrogen) atoms. The van der Waals surface area contributed by atoms with E-state index < -0.39 is 23.8 Å². The van der Waals surface area contributed by atoms with Crippen molar-refractivity contribution in [3.05, 3.63) is 0 Å². The fourth-order valence-corrected chi connectivity index (χ4v) is 1.78. The molecule has 0 aromatic heterocycles. The maximum absolute atomic E-state index is 11.5. The number of hydroxylamine groups is 2. The first-order valence-corrected chi connectivity index (χ1v) is 8.01. The predicted octanol–water partition coefficient (Wildman–Crippen LogP) is -0.755. The minimum Gasteiger partial charge on any atom is -0.372 e. The van der Waals surface area contributed by atoms with Crippen molar-refractivity contribution >= 4 is 45.6 Å². The molecule has 0 aliphatic carbocycles. The third-order valence-corrected chi connectivity index (χ3v) is 3.26. The van der Waals surface area contributed by atoms with Crippen LogP contribution in [0.25, 0.3) is 0 Å². The number of amides is 4. The summed E-state index contributed by atoms with van der Waals surface area (Å²) in [5.74, 6) is -1.56. The Morgan fingerprint density at radius 2 is 1.65 bits per heavy atom. The van der Waals surface area contributed by atoms with Gasteiger partial charge in [0.1, 0.15) is 5.84 Å². The summed E-state index contributed by atoms with van der Waals surface area (Å²) in [5.41, 5.74) is 0. The van der Waals surface area contributed by atoms with Crippen LogP contribution in [0, 0.1) is 5.41 Å². The third-order valence-electron chi connectivity index (χ3n) is 2.70. The van der Waals surface area contributed by atoms with E-state index in [0.29, 0.717) is 29.3 Å². The van der Waals surface area contributed by atoms with Crippen molar-refractivity contribution in [2.24, 2.45) is 0 Å². The van der Waals surface area contributed by atoms with Crippen LogP contribution in [0.2, 0.25) is 0 Å². The topological polar surface area (TPSA) is 141 Å². The Morgan fingerprint density at radius 3 is 2.26 bits per heavy atom. The summed E-state index contributed by atoms with van der Waals surface area (Å²) < 4.78 is 0. The number of carbonyl (C=O) groups excluding carboxylic acids is 4. The highest BCUT2D eigenvalue weighted by atomic mass is 79.9. The molecule has 11 heteroatoms. The third kappa shape index (κ3) is 7.08. The van der Waals surface area contributed by atoms with E-state index in [9.17, 15) is 19.2 Å². The van der Waals surface area contributed by atoms with Gasteiger partial charge in [0, 0.05) is 32.5 Å². The van der Waals surface area contributed by atoms with E-state index in [-0.39, 0.29) is 25.8 Å². The molecule has 128 valence electrons. The normalized spacial score (nSPS) is 13.7. The number of hydrogen-bond acceptors (Lipinski definition) is 6. The zero-order valence-corrected chi connectivity index (χ0v) is 13.9. The molecule has 0 spiro atoms. The molecule has 1 saturated heterocycles. The van der Waals surface area contributed by atoms with Crippen LogP contribution < -0.4 is 16.0 Å². The Balaban J connectivity index is 2.10. The van der Waals surface area contributed by atoms with E-state index >= 15 is 0 Å². The Labute approximate surface area is 140 Å². The van der Waals surface area contributed by atoms with Gasteiger partial charge in [0.2, 0.25) is 0 Å². The van der Waals surface area contributed by atoms with Gasteiger partial charge < -0.3 is 20.8 Å². The fraction of sp³-hybridized carbons (Fsp3) is 0.583. The quantitative estimate of drug-likeness (QED) is 0.141. The maximum atomic E-state index is 11.5. The molecular formula is C12H18BrN5O5. The van der Waals surface area contributed by atoms with Crippen LogP contribution in [0.5, 0.6) is 0 Å². The number of urea groups is 1. The van der Waals surface area contributed by atoms with Crippen molar-refractivity contribution in [2.75, 3.05) is 25.0 Å². The standard InChI is InChI=1S/C12H18BrN5O5/c13-7-8(14)15-5-6-17-12(22)16-4-3-11(21)23-18-9(19)1-2-10(18)20/h1-7H2,(H2,14,15)(H2,16,17,22). The first kappa shape index (κ1) is 18.9. The van der Waals surface area contributed by atoms with Crippen LogP contribution >= 0.6 is 15.9 Å². The van der Waals surface area contributed by atoms with E-state index in [1.54, 1.807) is 0 Å². The molecule has 4 amide bonds. The largest absolute Gasteiger partial charge is 0.372 e. The number of nitrogens with one attached hydrogen (secondary N) is 4. The summed E-state index contributed by atoms with van der Waals surface area (Å²) in [4.78, 5) is 50.0. The number of carbonyl (C=O) groups is 4. The lowest BCUT2D eigenvalue weighted by Crippen LogP contribution is -2.41. The van der Waals surface area contributed by atoms with Crippen LogP contribution in [-0.2, 0) is 19.2 Å². The number of imide groups is 1. The lowest BCUT2D eigenvalue weighted by Gasteiger charge is -2.13. The molecule has 0 unspecified atom stereocenters. The number of rotatable bonds is 8. The van der Waals surface area contributed by atoms with Gasteiger partial charge in [-0.25, -0.2) is 9.59 Å². The molecule has 4 N–H and O–H groups in total. The van der Waals surface area contributed by atoms with Gasteiger partial charge >= 0.3 is 12.0 Å². The molecule has 1 heterocycles. The average molecular weight is 392 g/mol. The van der Waals surface area contributed by atoms with E-state index in [1.807, 2.05) is 0 Å². The summed E-state index contributed by atoms with van der Waals surface area (Å²) in [7, 11) is 0. The molecule has 1 fully saturated rings. The van der Waals surface area contributed by atoms with Crippen molar-refractivity contribution in [3.63, 3.8) is 0 Å². The Hall–Kier alpha value is -2.17. The van der Waals surface area contributed by atoms with E-state index in [0.717, 1.165) is 0 Å². The number of hydrogen-bond donors (Lipinski definition) is 4. The van der Waals surface area contributed by atoms with Gasteiger partial charge in [0.05, 0.1) is 11.8 Å². The van der Waals surface area contributed by atoms with Crippen LogP contribution in [0.3, 0.4) is 0 Å². The van der Waals surface area contributed by atoms with Gasteiger partial charge in [-0.05, 0) is 0 Å². The van der Waals surface area contributed by atoms with Crippen LogP contribution in [-0.4, -0.2) is 59.7 Å². The number of halogens is 1. The average Bonchev–Trinajstić information content (AvgIpc) is 2.83. The summed E-state index contributed by atoms with van der Waals surface area (Å²) in [5, 5.41) is 15.9. The van der Waals surface area contributed by atoms with Crippen molar-refractivity contribution < 1.29 is 24.0 Å². The van der Waals surface area contributed by atoms with Gasteiger partial charge in [-0.2, -0.15) is 0 Å². The molecule has 0 aromatic rings. The lowest BCUT2D eigenvalue weighted by atomic mass is 10.4. The summed E-state index contributed by atoms with van der Waals surface area (Å²) in [6.45, 7) is 0.715. The summed E-state index contributed by atoms with van der Waals surface area (Å²) in [6, 6.07) is -0.474. The Bertz CT molecular complexity index is 482. The first-order chi connectivity index (χ1) is 10.9. The first-order valence-electron chi connectivity index (χ1n) is 6.89. The number of alkyl halides is 1. The summed E-state index contributed by atoms with van der Waals surface area (Å²) in [6.07, 6.45) is -0.0995. The molecule has 0 bridgehead atoms. The second-order valence-corrected chi connectivity index (χ2v) is 5.08. The van der Waals surface area contributed by atoms with Gasteiger partial charge in [-0.3, -0.25) is 15.0 Å². The van der Waals surface area contributed by atoms with Crippen molar-refractivity contribution in [1.29, 1.82) is 5.41 Å². The molecule has 1 aliphatic rings. The van der Waals surface area contributed by atoms with Gasteiger partial charge in [0.25, 0.3) is 11.8 Å². The van der Waals surface area contributed by atoms with Crippen molar-refractivity contribution in [2.45, 2.75) is 19.3 Å². The van der Waals surface area contributed by atoms with E-state index in [2.05, 4.69) is 36.7 Å². The minimum atomic E-state index is -0.777. The van der Waals surface area contributed by atoms with Gasteiger partial charge in [0.15, 0.2) is 0 Å². The molecule has 0 saturated carbocycles. The monoisotopic (exact) mass is 391 g/mol. The van der Waals surface area contributed by atoms with Crippen LogP contribution in [0.1, 0.15) is 19.3 Å². The maximum Gasteiger partial charge on any atom is 0.334 e. The van der Waals surface area contributed by atoms with Gasteiger partial charge in [-0.15, -0.1) is 5.06 Å². The molecule has 10 nitrogen and oxygen atoms in total. The van der Waals surface area contributed by atoms with E-state index in [1.165, 1.54) is 0 Å². The molecule has 1 rings (SSSR count). The Kier molecular flexibility index (Phi) is 8.02. The van der Waals surface area contributed by atoms with Crippen LogP contribution in [0.15, 0.2) is 0 Å². The smallest absolute Gasteiger partial charge is 0.334 e. The predicted molar refractivity (Wildman–Crippen MR) is 82.7 cm³/mol. The van der Waals surface area contributed by atoms with E-state index in [4.69, 9.17) is 5.41 Å². The second-order valence-electron chi connectivity index (χ2n) is 4.52. The zero-order chi connectivity index (χ0) is 17.2. The van der Waals surface area contributed by atoms with Gasteiger partial charge in [-0.1, -0.05) is 15.9 Å². The van der Waals surface area contributed by atoms with Crippen molar-refractivity contribution in [3.8, 4) is 0 Å². The minimum absolute atomic E-state index is 0.00549. The fourth-order valence-electron chi connectivity index (χ4n) is 1.58. The molecule has 0 atom stereocenters. The second kappa shape index (κ2) is 9.77. The highest BCUT2D eigenvalue weighted by Gasteiger charge is 2.32. The highest BCUT2D eigenvalue weighted by Crippen LogP contribution is 2.12. The molecule has 0 radical (unpaired) electrons. The van der Waals surface area contributed by atoms with Crippen molar-refractivity contribution in [1.82, 2.24) is 21.0 Å². The summed E-state index contributed by atoms with van der Waals surface area (Å²) >= 11 is 3.11. The molecule has 0 aromatic carbocycles. The lowest BCUT2D eigenvalue weighted by molar-refractivity contribution is -0.197. The Morgan fingerprint density at radius 1 is 1.09 bits per heavy atom. The number of nitrogens with zero attached hydrogens (tertiary/aromatic N) is 1. The highest BCUT2D eigenvalue weighted by molar-refractivity contribution is 9.09. The molecular weight excluding hydrogens is 374 g/mol. The number of amidine groups is 1.